The Bertz CT molecular complexity index is 6390. The van der Waals surface area contributed by atoms with Crippen LogP contribution in [-0.2, 0) is 84.9 Å². The van der Waals surface area contributed by atoms with Gasteiger partial charge in [-0.05, 0) is 265 Å². The average Bonchev–Trinajstić information content (AvgIpc) is 1.80. The number of nitrogens with zero attached hydrogens (tertiary/aromatic N) is 16. The number of fused-ring (bicyclic) bond motifs is 4. The summed E-state index contributed by atoms with van der Waals surface area (Å²) in [5, 5.41) is 0. The molecule has 20 rings (SSSR count). The summed E-state index contributed by atoms with van der Waals surface area (Å²) in [5.41, 5.74) is 52.3. The summed E-state index contributed by atoms with van der Waals surface area (Å²) in [7, 11) is 8.60. The molecule has 8 N–H and O–H groups in total. The lowest BCUT2D eigenvalue weighted by molar-refractivity contribution is 0.266. The fraction of sp³-hybridized carbons (Fsp3) is 0.301. The molecule has 0 unspecified atom stereocenters. The SMILES string of the molecule is Cc1cc(-c2cnc(N)c(OCc3ccncc3OC3CC3)n2)cc2c1CCN(C)C2.Cc1cc(-c2cnc(N)c(OCc3cncc(OC4CC4)c3)n2)cc2c1CCN(C)C2.Cc1cc(-c2cnc(N)c(OCc3cncc(OCc4ccccc4)c3)n2)cc2c1CCN(C)C2.Cc1cc(-c2cnc(N)c(OCc3cncc(Oc4ccccc4)c3)n2)cc2c1CCN(C)C2. The van der Waals surface area contributed by atoms with E-state index in [9.17, 15) is 0 Å². The second-order valence-corrected chi connectivity index (χ2v) is 34.5. The van der Waals surface area contributed by atoms with Crippen LogP contribution in [0.3, 0.4) is 0 Å². The van der Waals surface area contributed by atoms with E-state index in [1.165, 1.54) is 66.8 Å². The van der Waals surface area contributed by atoms with E-state index in [0.717, 1.165) is 194 Å². The van der Waals surface area contributed by atoms with Crippen LogP contribution in [0.4, 0.5) is 23.3 Å². The Morgan fingerprint density at radius 3 is 1.06 bits per heavy atom. The molecule has 14 aromatic rings. The van der Waals surface area contributed by atoms with E-state index in [1.54, 1.807) is 74.4 Å². The van der Waals surface area contributed by atoms with E-state index in [4.69, 9.17) is 65.8 Å². The van der Waals surface area contributed by atoms with Gasteiger partial charge in [-0.25, -0.2) is 39.9 Å². The molecule has 6 aromatic carbocycles. The van der Waals surface area contributed by atoms with Crippen molar-refractivity contribution in [2.75, 3.05) is 77.3 Å². The molecule has 131 heavy (non-hydrogen) atoms. The van der Waals surface area contributed by atoms with Crippen LogP contribution in [0.15, 0.2) is 208 Å². The molecule has 2 fully saturated rings. The molecule has 0 bridgehead atoms. The Kier molecular flexibility index (Phi) is 27.7. The van der Waals surface area contributed by atoms with Crippen molar-refractivity contribution in [2.45, 2.75) is 150 Å². The number of hydrogen-bond acceptors (Lipinski definition) is 28. The molecule has 8 aromatic heterocycles. The van der Waals surface area contributed by atoms with Crippen molar-refractivity contribution in [1.82, 2.24) is 79.4 Å². The highest BCUT2D eigenvalue weighted by molar-refractivity contribution is 5.69. The summed E-state index contributed by atoms with van der Waals surface area (Å²) in [5.74, 6) is 5.92. The summed E-state index contributed by atoms with van der Waals surface area (Å²) in [6, 6.07) is 44.8. The van der Waals surface area contributed by atoms with Crippen LogP contribution < -0.4 is 60.8 Å². The van der Waals surface area contributed by atoms with E-state index in [2.05, 4.69) is 179 Å². The third-order valence-electron chi connectivity index (χ3n) is 23.8. The molecule has 0 amide bonds. The number of likely N-dealkylation sites (N-methyl/N-ethyl adjacent to an activating group) is 4. The van der Waals surface area contributed by atoms with Crippen molar-refractivity contribution in [3.05, 3.63) is 302 Å². The molecular formula is C103H110N20O8. The molecular weight excluding hydrogens is 1650 g/mol. The number of aromatic nitrogens is 12. The lowest BCUT2D eigenvalue weighted by Gasteiger charge is -2.27. The maximum absolute atomic E-state index is 6.09. The first-order valence-corrected chi connectivity index (χ1v) is 44.5. The smallest absolute Gasteiger partial charge is 0.258 e. The zero-order chi connectivity index (χ0) is 90.4. The zero-order valence-electron chi connectivity index (χ0n) is 75.4. The molecule has 12 heterocycles. The summed E-state index contributed by atoms with van der Waals surface area (Å²) < 4.78 is 47.3. The number of aryl methyl sites for hydroxylation is 4. The summed E-state index contributed by atoms with van der Waals surface area (Å²) in [4.78, 5) is 62.4. The van der Waals surface area contributed by atoms with Gasteiger partial charge in [0.1, 0.15) is 61.8 Å². The minimum absolute atomic E-state index is 0.245. The second kappa shape index (κ2) is 41.0. The molecule has 4 aliphatic heterocycles. The van der Waals surface area contributed by atoms with E-state index in [-0.39, 0.29) is 36.5 Å². The molecule has 28 nitrogen and oxygen atoms in total. The van der Waals surface area contributed by atoms with Crippen molar-refractivity contribution in [3.8, 4) is 97.3 Å². The van der Waals surface area contributed by atoms with Crippen molar-refractivity contribution < 1.29 is 37.9 Å². The molecule has 0 atom stereocenters. The molecule has 6 aliphatic rings. The summed E-state index contributed by atoms with van der Waals surface area (Å²) in [6.07, 6.45) is 29.9. The third-order valence-corrected chi connectivity index (χ3v) is 23.8. The largest absolute Gasteiger partial charge is 0.489 e. The Labute approximate surface area is 763 Å². The Balaban J connectivity index is 0.000000122. The van der Waals surface area contributed by atoms with Gasteiger partial charge in [0.05, 0.1) is 84.6 Å². The lowest BCUT2D eigenvalue weighted by Crippen LogP contribution is -2.27. The quantitative estimate of drug-likeness (QED) is 0.0413. The predicted octanol–water partition coefficient (Wildman–Crippen LogP) is 16.4. The van der Waals surface area contributed by atoms with E-state index in [0.29, 0.717) is 67.0 Å². The van der Waals surface area contributed by atoms with E-state index < -0.39 is 0 Å². The Hall–Kier alpha value is -14.3. The van der Waals surface area contributed by atoms with Gasteiger partial charge in [0.15, 0.2) is 23.3 Å². The highest BCUT2D eigenvalue weighted by Gasteiger charge is 2.28. The van der Waals surface area contributed by atoms with E-state index in [1.807, 2.05) is 84.9 Å². The van der Waals surface area contributed by atoms with E-state index >= 15 is 0 Å². The van der Waals surface area contributed by atoms with Crippen LogP contribution >= 0.6 is 0 Å². The van der Waals surface area contributed by atoms with Gasteiger partial charge in [-0.3, -0.25) is 19.9 Å². The predicted molar refractivity (Wildman–Crippen MR) is 505 cm³/mol. The van der Waals surface area contributed by atoms with Crippen LogP contribution in [0.1, 0.15) is 120 Å². The molecule has 2 saturated carbocycles. The maximum atomic E-state index is 6.09. The fourth-order valence-corrected chi connectivity index (χ4v) is 16.5. The van der Waals surface area contributed by atoms with Gasteiger partial charge in [-0.2, -0.15) is 0 Å². The molecule has 2 aliphatic carbocycles. The number of nitrogen functional groups attached to an aromatic ring is 4. The summed E-state index contributed by atoms with van der Waals surface area (Å²) >= 11 is 0. The number of nitrogens with two attached hydrogens (primary N) is 4. The van der Waals surface area contributed by atoms with Gasteiger partial charge in [0.2, 0.25) is 0 Å². The van der Waals surface area contributed by atoms with Crippen molar-refractivity contribution >= 4 is 23.3 Å². The van der Waals surface area contributed by atoms with Crippen LogP contribution in [0.2, 0.25) is 0 Å². The number of hydrogen-bond donors (Lipinski definition) is 4. The number of anilines is 4. The van der Waals surface area contributed by atoms with Crippen LogP contribution in [0, 0.1) is 27.7 Å². The highest BCUT2D eigenvalue weighted by atomic mass is 16.5. The van der Waals surface area contributed by atoms with Gasteiger partial charge in [0.25, 0.3) is 23.5 Å². The van der Waals surface area contributed by atoms with Crippen LogP contribution in [0.5, 0.6) is 52.3 Å². The normalized spacial score (nSPS) is 14.6. The number of rotatable bonds is 25. The van der Waals surface area contributed by atoms with Crippen molar-refractivity contribution in [1.29, 1.82) is 0 Å². The number of pyridine rings is 4. The first-order valence-electron chi connectivity index (χ1n) is 44.5. The standard InChI is InChI=1S/C28H29N5O2.C27H27N5O2.2C24H27N5O2/c1-19-10-22(12-23-16-33(2)9-8-25(19)23)26-15-31-27(29)28(32-26)35-18-21-11-24(14-30-13-21)34-17-20-6-4-3-5-7-20;1-18-10-20(12-21-16-32(2)9-8-24(18)21)25-15-30-26(28)27(31-25)33-17-19-11-23(14-29-13-19)34-22-6-4-3-5-7-22;1-15-9-17(10-18-13-29(2)8-6-20(15)18)21-11-27-23(25)24(28-21)30-14-16-5-7-26-12-22(16)31-19-3-4-19;1-15-7-17(9-18-13-29(2)6-5-21(15)18)22-12-27-23(25)24(28-22)30-14-16-8-20(11-26-10-16)31-19-3-4-19/h3-7,10-15H,8-9,16-18H2,1-2H3,(H2,29,31);3-7,10-15H,8-9,16-17H2,1-2H3,(H2,28,30);5,7,9-12,19H,3-4,6,8,13-14H2,1-2H3,(H2,25,27);7-12,19H,3-6,13-14H2,1-2H3,(H2,25,27). The third kappa shape index (κ3) is 23.2. The van der Waals surface area contributed by atoms with Gasteiger partial charge in [-0.1, -0.05) is 48.5 Å². The zero-order valence-corrected chi connectivity index (χ0v) is 75.4. The Morgan fingerprint density at radius 2 is 0.664 bits per heavy atom. The molecule has 0 radical (unpaired) electrons. The lowest BCUT2D eigenvalue weighted by atomic mass is 9.92. The minimum Gasteiger partial charge on any atom is -0.489 e. The second-order valence-electron chi connectivity index (χ2n) is 34.5. The van der Waals surface area contributed by atoms with Gasteiger partial charge in [0, 0.05) is 122 Å². The summed E-state index contributed by atoms with van der Waals surface area (Å²) in [6.45, 7) is 18.3. The first kappa shape index (κ1) is 88.7. The average molecular weight is 1760 g/mol. The molecule has 670 valence electrons. The monoisotopic (exact) mass is 1750 g/mol. The number of benzene rings is 6. The van der Waals surface area contributed by atoms with Gasteiger partial charge in [-0.15, -0.1) is 0 Å². The van der Waals surface area contributed by atoms with Gasteiger partial charge < -0.3 is 80.4 Å². The number of ether oxygens (including phenoxy) is 8. The topological polar surface area (TPSA) is 346 Å². The maximum Gasteiger partial charge on any atom is 0.258 e. The number of para-hydroxylation sites is 1. The molecule has 0 spiro atoms. The fourth-order valence-electron chi connectivity index (χ4n) is 16.5. The molecule has 0 saturated heterocycles. The first-order chi connectivity index (χ1) is 63.7. The Morgan fingerprint density at radius 1 is 0.321 bits per heavy atom. The van der Waals surface area contributed by atoms with Crippen LogP contribution in [0.25, 0.3) is 45.0 Å². The van der Waals surface area contributed by atoms with Crippen molar-refractivity contribution in [2.24, 2.45) is 0 Å². The van der Waals surface area contributed by atoms with Crippen molar-refractivity contribution in [3.63, 3.8) is 0 Å². The van der Waals surface area contributed by atoms with Gasteiger partial charge >= 0.3 is 0 Å². The minimum atomic E-state index is 0.245. The highest BCUT2D eigenvalue weighted by Crippen LogP contribution is 2.38. The molecule has 28 heteroatoms. The van der Waals surface area contributed by atoms with Crippen LogP contribution in [-0.4, -0.2) is 146 Å².